The molecule has 0 spiro atoms. The van der Waals surface area contributed by atoms with Gasteiger partial charge in [-0.2, -0.15) is 0 Å². The molecule has 2 N–H and O–H groups in total. The van der Waals surface area contributed by atoms with Gasteiger partial charge in [0.25, 0.3) is 0 Å². The highest BCUT2D eigenvalue weighted by Crippen LogP contribution is 2.28. The summed E-state index contributed by atoms with van der Waals surface area (Å²) in [7, 11) is 0. The maximum Gasteiger partial charge on any atom is 0.358 e. The van der Waals surface area contributed by atoms with Crippen LogP contribution in [0.5, 0.6) is 5.75 Å². The minimum absolute atomic E-state index is 0.251. The minimum Gasteiger partial charge on any atom is -0.505 e. The van der Waals surface area contributed by atoms with Crippen molar-refractivity contribution in [2.24, 2.45) is 0 Å². The van der Waals surface area contributed by atoms with Gasteiger partial charge in [-0.15, -0.1) is 15.0 Å². The van der Waals surface area contributed by atoms with Crippen molar-refractivity contribution in [3.8, 4) is 22.8 Å². The topological polar surface area (TPSA) is 114 Å². The third-order valence-electron chi connectivity index (χ3n) is 3.15. The SMILES string of the molecule is Cc1c(-c2nnn(-c3ccccc3)n2)cnc(C(=O)O)c1O. The summed E-state index contributed by atoms with van der Waals surface area (Å²) >= 11 is 0. The average molecular weight is 297 g/mol. The Balaban J connectivity index is 2.04. The van der Waals surface area contributed by atoms with Crippen LogP contribution in [0.4, 0.5) is 0 Å². The van der Waals surface area contributed by atoms with E-state index in [4.69, 9.17) is 5.11 Å². The predicted octanol–water partition coefficient (Wildman–Crippen LogP) is 1.44. The summed E-state index contributed by atoms with van der Waals surface area (Å²) in [6.45, 7) is 1.57. The number of tetrazole rings is 1. The molecule has 2 aromatic heterocycles. The predicted molar refractivity (Wildman–Crippen MR) is 75.7 cm³/mol. The van der Waals surface area contributed by atoms with Crippen LogP contribution in [0.2, 0.25) is 0 Å². The molecule has 22 heavy (non-hydrogen) atoms. The number of carboxylic acid groups (broad SMARTS) is 1. The molecule has 0 aliphatic carbocycles. The molecule has 0 saturated carbocycles. The van der Waals surface area contributed by atoms with E-state index < -0.39 is 17.4 Å². The molecule has 3 aromatic rings. The van der Waals surface area contributed by atoms with Gasteiger partial charge in [0.2, 0.25) is 5.82 Å². The van der Waals surface area contributed by atoms with E-state index in [1.165, 1.54) is 11.0 Å². The number of carbonyl (C=O) groups is 1. The monoisotopic (exact) mass is 297 g/mol. The van der Waals surface area contributed by atoms with Crippen LogP contribution in [0, 0.1) is 6.92 Å². The van der Waals surface area contributed by atoms with Crippen molar-refractivity contribution >= 4 is 5.97 Å². The summed E-state index contributed by atoms with van der Waals surface area (Å²) in [6.07, 6.45) is 1.31. The zero-order valence-corrected chi connectivity index (χ0v) is 11.5. The Bertz CT molecular complexity index is 845. The molecule has 0 amide bonds. The molecule has 0 unspecified atom stereocenters. The summed E-state index contributed by atoms with van der Waals surface area (Å²) in [5.74, 6) is -1.45. The van der Waals surface area contributed by atoms with Crippen LogP contribution >= 0.6 is 0 Å². The van der Waals surface area contributed by atoms with Crippen molar-refractivity contribution in [3.63, 3.8) is 0 Å². The number of nitrogens with zero attached hydrogens (tertiary/aromatic N) is 5. The number of hydrogen-bond donors (Lipinski definition) is 2. The number of rotatable bonds is 3. The molecule has 8 heteroatoms. The summed E-state index contributed by atoms with van der Waals surface area (Å²) in [5.41, 5.74) is 1.08. The fraction of sp³-hybridized carbons (Fsp3) is 0.0714. The van der Waals surface area contributed by atoms with Gasteiger partial charge in [0.15, 0.2) is 11.4 Å². The van der Waals surface area contributed by atoms with E-state index in [1.807, 2.05) is 30.3 Å². The Kier molecular flexibility index (Phi) is 3.26. The van der Waals surface area contributed by atoms with Crippen LogP contribution < -0.4 is 0 Å². The maximum atomic E-state index is 10.9. The van der Waals surface area contributed by atoms with Crippen LogP contribution in [-0.4, -0.2) is 41.4 Å². The third-order valence-corrected chi connectivity index (χ3v) is 3.15. The number of carboxylic acids is 1. The quantitative estimate of drug-likeness (QED) is 0.751. The second kappa shape index (κ2) is 5.24. The van der Waals surface area contributed by atoms with Crippen LogP contribution in [-0.2, 0) is 0 Å². The standard InChI is InChI=1S/C14H11N5O3/c1-8-10(7-15-11(12(8)20)14(21)22)13-16-18-19(17-13)9-5-3-2-4-6-9/h2-7,20H,1H3,(H,21,22). The number of aromatic hydroxyl groups is 1. The van der Waals surface area contributed by atoms with Crippen LogP contribution in [0.15, 0.2) is 36.5 Å². The van der Waals surface area contributed by atoms with Crippen molar-refractivity contribution < 1.29 is 15.0 Å². The van der Waals surface area contributed by atoms with Crippen LogP contribution in [0.25, 0.3) is 17.1 Å². The summed E-state index contributed by atoms with van der Waals surface area (Å²) in [4.78, 5) is 16.0. The number of aromatic carboxylic acids is 1. The number of hydrogen-bond acceptors (Lipinski definition) is 6. The van der Waals surface area contributed by atoms with E-state index in [9.17, 15) is 9.90 Å². The highest BCUT2D eigenvalue weighted by Gasteiger charge is 2.19. The van der Waals surface area contributed by atoms with Gasteiger partial charge >= 0.3 is 5.97 Å². The molecule has 0 aliphatic heterocycles. The fourth-order valence-electron chi connectivity index (χ4n) is 1.97. The van der Waals surface area contributed by atoms with Crippen LogP contribution in [0.1, 0.15) is 16.1 Å². The van der Waals surface area contributed by atoms with E-state index in [2.05, 4.69) is 20.4 Å². The van der Waals surface area contributed by atoms with Gasteiger partial charge in [0.1, 0.15) is 0 Å². The van der Waals surface area contributed by atoms with Crippen LogP contribution in [0.3, 0.4) is 0 Å². The van der Waals surface area contributed by atoms with Crippen molar-refractivity contribution in [2.45, 2.75) is 6.92 Å². The fourth-order valence-corrected chi connectivity index (χ4v) is 1.97. The van der Waals surface area contributed by atoms with Crippen molar-refractivity contribution in [1.82, 2.24) is 25.2 Å². The normalized spacial score (nSPS) is 10.6. The first kappa shape index (κ1) is 13.7. The molecule has 0 aliphatic rings. The lowest BCUT2D eigenvalue weighted by Gasteiger charge is -2.05. The van der Waals surface area contributed by atoms with Crippen molar-refractivity contribution in [2.75, 3.05) is 0 Å². The highest BCUT2D eigenvalue weighted by atomic mass is 16.4. The number of benzene rings is 1. The number of para-hydroxylation sites is 1. The van der Waals surface area contributed by atoms with Gasteiger partial charge in [0, 0.05) is 17.3 Å². The van der Waals surface area contributed by atoms with Gasteiger partial charge in [-0.1, -0.05) is 18.2 Å². The summed E-state index contributed by atoms with van der Waals surface area (Å²) < 4.78 is 0. The molecule has 0 radical (unpaired) electrons. The first-order valence-electron chi connectivity index (χ1n) is 6.35. The zero-order chi connectivity index (χ0) is 15.7. The Labute approximate surface area is 124 Å². The van der Waals surface area contributed by atoms with E-state index >= 15 is 0 Å². The molecule has 1 aromatic carbocycles. The summed E-state index contributed by atoms with van der Waals surface area (Å²) in [6, 6.07) is 9.21. The Morgan fingerprint density at radius 1 is 1.23 bits per heavy atom. The molecule has 0 atom stereocenters. The molecule has 3 rings (SSSR count). The zero-order valence-electron chi connectivity index (χ0n) is 11.5. The average Bonchev–Trinajstić information content (AvgIpc) is 3.00. The smallest absolute Gasteiger partial charge is 0.358 e. The second-order valence-electron chi connectivity index (χ2n) is 4.54. The first-order valence-corrected chi connectivity index (χ1v) is 6.35. The van der Waals surface area contributed by atoms with Gasteiger partial charge in [-0.05, 0) is 24.3 Å². The Morgan fingerprint density at radius 2 is 1.95 bits per heavy atom. The molecule has 0 fully saturated rings. The third kappa shape index (κ3) is 2.26. The molecule has 110 valence electrons. The Hall–Kier alpha value is -3.29. The number of aromatic nitrogens is 5. The number of pyridine rings is 1. The second-order valence-corrected chi connectivity index (χ2v) is 4.54. The molecule has 8 nitrogen and oxygen atoms in total. The van der Waals surface area contributed by atoms with E-state index in [0.29, 0.717) is 11.1 Å². The lowest BCUT2D eigenvalue weighted by molar-refractivity contribution is 0.0687. The van der Waals surface area contributed by atoms with Crippen molar-refractivity contribution in [1.29, 1.82) is 0 Å². The molecular formula is C14H11N5O3. The minimum atomic E-state index is -1.30. The lowest BCUT2D eigenvalue weighted by Crippen LogP contribution is -2.03. The molecular weight excluding hydrogens is 286 g/mol. The summed E-state index contributed by atoms with van der Waals surface area (Å²) in [5, 5.41) is 30.9. The molecule has 2 heterocycles. The van der Waals surface area contributed by atoms with Gasteiger partial charge < -0.3 is 10.2 Å². The van der Waals surface area contributed by atoms with E-state index in [-0.39, 0.29) is 5.82 Å². The van der Waals surface area contributed by atoms with Gasteiger partial charge in [-0.3, -0.25) is 0 Å². The largest absolute Gasteiger partial charge is 0.505 e. The first-order chi connectivity index (χ1) is 10.6. The lowest BCUT2D eigenvalue weighted by atomic mass is 10.1. The van der Waals surface area contributed by atoms with E-state index in [1.54, 1.807) is 6.92 Å². The van der Waals surface area contributed by atoms with E-state index in [0.717, 1.165) is 5.69 Å². The Morgan fingerprint density at radius 3 is 2.64 bits per heavy atom. The highest BCUT2D eigenvalue weighted by molar-refractivity contribution is 5.90. The van der Waals surface area contributed by atoms with Crippen molar-refractivity contribution in [3.05, 3.63) is 47.8 Å². The molecule has 0 saturated heterocycles. The maximum absolute atomic E-state index is 10.9. The molecule has 0 bridgehead atoms. The van der Waals surface area contributed by atoms with Gasteiger partial charge in [-0.25, -0.2) is 9.78 Å². The van der Waals surface area contributed by atoms with Gasteiger partial charge in [0.05, 0.1) is 5.69 Å².